The standard InChI is InChI=1S/C15H20O4/c1-8-5-4-6-15(3)13(19-15)12(16)11-9(2)14(17)18-10(11)7-8/h5,10-13,16H,2,4,6-7H2,1,3H3/b8-5-/t10-,11+,12-,13+,15-/m0/s1. The zero-order chi connectivity index (χ0) is 13.8. The van der Waals surface area contributed by atoms with Gasteiger partial charge in [0, 0.05) is 12.0 Å². The van der Waals surface area contributed by atoms with E-state index in [9.17, 15) is 9.90 Å². The molecule has 0 unspecified atom stereocenters. The summed E-state index contributed by atoms with van der Waals surface area (Å²) < 4.78 is 11.0. The van der Waals surface area contributed by atoms with Crippen molar-refractivity contribution in [3.05, 3.63) is 23.8 Å². The molecule has 0 aromatic heterocycles. The van der Waals surface area contributed by atoms with Crippen LogP contribution in [0.15, 0.2) is 23.8 Å². The maximum Gasteiger partial charge on any atom is 0.334 e. The Kier molecular flexibility index (Phi) is 2.84. The summed E-state index contributed by atoms with van der Waals surface area (Å²) in [5, 5.41) is 10.5. The number of hydrogen-bond donors (Lipinski definition) is 1. The minimum Gasteiger partial charge on any atom is -0.458 e. The Morgan fingerprint density at radius 1 is 1.53 bits per heavy atom. The molecule has 4 heteroatoms. The molecule has 19 heavy (non-hydrogen) atoms. The first-order valence-corrected chi connectivity index (χ1v) is 6.84. The third-order valence-electron chi connectivity index (χ3n) is 4.60. The number of carbonyl (C=O) groups excluding carboxylic acids is 1. The number of carbonyl (C=O) groups is 1. The monoisotopic (exact) mass is 264 g/mol. The Morgan fingerprint density at radius 2 is 2.26 bits per heavy atom. The topological polar surface area (TPSA) is 59.1 Å². The van der Waals surface area contributed by atoms with Crippen LogP contribution in [0.25, 0.3) is 0 Å². The molecule has 104 valence electrons. The Balaban J connectivity index is 1.92. The predicted molar refractivity (Wildman–Crippen MR) is 69.4 cm³/mol. The van der Waals surface area contributed by atoms with Crippen molar-refractivity contribution in [2.24, 2.45) is 5.92 Å². The zero-order valence-electron chi connectivity index (χ0n) is 11.4. The van der Waals surface area contributed by atoms with Crippen LogP contribution in [0, 0.1) is 5.92 Å². The van der Waals surface area contributed by atoms with Crippen molar-refractivity contribution in [2.45, 2.75) is 57.0 Å². The number of fused-ring (bicyclic) bond motifs is 2. The molecule has 0 spiro atoms. The van der Waals surface area contributed by atoms with Crippen LogP contribution in [-0.2, 0) is 14.3 Å². The quantitative estimate of drug-likeness (QED) is 0.313. The fourth-order valence-corrected chi connectivity index (χ4v) is 3.32. The molecule has 0 aromatic rings. The highest BCUT2D eigenvalue weighted by molar-refractivity contribution is 5.91. The van der Waals surface area contributed by atoms with E-state index < -0.39 is 6.10 Å². The third-order valence-corrected chi connectivity index (χ3v) is 4.60. The van der Waals surface area contributed by atoms with Crippen LogP contribution in [0.2, 0.25) is 0 Å². The first-order valence-electron chi connectivity index (χ1n) is 6.84. The van der Waals surface area contributed by atoms with Gasteiger partial charge in [0.25, 0.3) is 0 Å². The fourth-order valence-electron chi connectivity index (χ4n) is 3.32. The predicted octanol–water partition coefficient (Wildman–Crippen LogP) is 1.73. The van der Waals surface area contributed by atoms with Crippen LogP contribution in [0.5, 0.6) is 0 Å². The molecule has 0 saturated carbocycles. The minimum atomic E-state index is -0.708. The van der Waals surface area contributed by atoms with Crippen molar-refractivity contribution < 1.29 is 19.4 Å². The van der Waals surface area contributed by atoms with Crippen LogP contribution in [0.1, 0.15) is 33.1 Å². The highest BCUT2D eigenvalue weighted by atomic mass is 16.6. The van der Waals surface area contributed by atoms with Crippen molar-refractivity contribution in [1.29, 1.82) is 0 Å². The number of epoxide rings is 1. The van der Waals surface area contributed by atoms with E-state index in [-0.39, 0.29) is 29.7 Å². The van der Waals surface area contributed by atoms with Gasteiger partial charge < -0.3 is 14.6 Å². The molecule has 3 rings (SSSR count). The number of allylic oxidation sites excluding steroid dienone is 1. The second kappa shape index (κ2) is 4.18. The normalized spacial score (nSPS) is 48.7. The van der Waals surface area contributed by atoms with Crippen molar-refractivity contribution in [3.63, 3.8) is 0 Å². The lowest BCUT2D eigenvalue weighted by Gasteiger charge is -2.24. The molecule has 0 aromatic carbocycles. The van der Waals surface area contributed by atoms with Gasteiger partial charge in [-0.2, -0.15) is 0 Å². The highest BCUT2D eigenvalue weighted by Gasteiger charge is 2.60. The molecule has 0 bridgehead atoms. The largest absolute Gasteiger partial charge is 0.458 e. The lowest BCUT2D eigenvalue weighted by molar-refractivity contribution is -0.139. The first kappa shape index (κ1) is 12.9. The summed E-state index contributed by atoms with van der Waals surface area (Å²) in [4.78, 5) is 11.7. The summed E-state index contributed by atoms with van der Waals surface area (Å²) >= 11 is 0. The van der Waals surface area contributed by atoms with Gasteiger partial charge in [0.05, 0.1) is 17.6 Å². The lowest BCUT2D eigenvalue weighted by Crippen LogP contribution is -2.36. The van der Waals surface area contributed by atoms with Gasteiger partial charge in [-0.25, -0.2) is 4.79 Å². The van der Waals surface area contributed by atoms with E-state index in [2.05, 4.69) is 12.7 Å². The summed E-state index contributed by atoms with van der Waals surface area (Å²) in [5.74, 6) is -0.732. The Hall–Kier alpha value is -1.13. The summed E-state index contributed by atoms with van der Waals surface area (Å²) in [5.41, 5.74) is 1.29. The molecule has 1 aliphatic carbocycles. The average molecular weight is 264 g/mol. The molecular weight excluding hydrogens is 244 g/mol. The van der Waals surface area contributed by atoms with E-state index in [1.807, 2.05) is 13.8 Å². The van der Waals surface area contributed by atoms with Gasteiger partial charge in [0.15, 0.2) is 0 Å². The second-order valence-electron chi connectivity index (χ2n) is 6.13. The molecular formula is C15H20O4. The molecule has 0 radical (unpaired) electrons. The lowest BCUT2D eigenvalue weighted by atomic mass is 9.82. The van der Waals surface area contributed by atoms with Crippen LogP contribution >= 0.6 is 0 Å². The van der Waals surface area contributed by atoms with E-state index in [1.165, 1.54) is 5.57 Å². The molecule has 2 fully saturated rings. The van der Waals surface area contributed by atoms with Gasteiger partial charge in [-0.05, 0) is 26.7 Å². The zero-order valence-corrected chi connectivity index (χ0v) is 11.4. The van der Waals surface area contributed by atoms with E-state index in [0.29, 0.717) is 12.0 Å². The van der Waals surface area contributed by atoms with Crippen molar-refractivity contribution in [2.75, 3.05) is 0 Å². The SMILES string of the molecule is C=C1C(=O)O[C@H]2C/C(C)=C\CC[C@]3(C)O[C@@H]3[C@@H](O)[C@H]12. The van der Waals surface area contributed by atoms with Crippen LogP contribution < -0.4 is 0 Å². The Morgan fingerprint density at radius 3 is 3.00 bits per heavy atom. The van der Waals surface area contributed by atoms with E-state index in [0.717, 1.165) is 12.8 Å². The highest BCUT2D eigenvalue weighted by Crippen LogP contribution is 2.48. The number of hydrogen-bond acceptors (Lipinski definition) is 4. The number of aliphatic hydroxyl groups is 1. The Labute approximate surface area is 113 Å². The smallest absolute Gasteiger partial charge is 0.334 e. The summed E-state index contributed by atoms with van der Waals surface area (Å²) in [7, 11) is 0. The average Bonchev–Trinajstić information content (AvgIpc) is 2.92. The number of aliphatic hydroxyl groups excluding tert-OH is 1. The molecule has 2 aliphatic heterocycles. The van der Waals surface area contributed by atoms with Gasteiger partial charge in [-0.3, -0.25) is 0 Å². The molecule has 3 aliphatic rings. The van der Waals surface area contributed by atoms with E-state index in [4.69, 9.17) is 9.47 Å². The third kappa shape index (κ3) is 2.03. The maximum absolute atomic E-state index is 11.7. The van der Waals surface area contributed by atoms with Gasteiger partial charge in [0.2, 0.25) is 0 Å². The first-order chi connectivity index (χ1) is 8.92. The van der Waals surface area contributed by atoms with Gasteiger partial charge >= 0.3 is 5.97 Å². The van der Waals surface area contributed by atoms with Crippen LogP contribution in [0.4, 0.5) is 0 Å². The molecule has 4 nitrogen and oxygen atoms in total. The van der Waals surface area contributed by atoms with Gasteiger partial charge in [-0.15, -0.1) is 0 Å². The fraction of sp³-hybridized carbons (Fsp3) is 0.667. The molecule has 2 heterocycles. The summed E-state index contributed by atoms with van der Waals surface area (Å²) in [6.07, 6.45) is 3.43. The van der Waals surface area contributed by atoms with Crippen LogP contribution in [-0.4, -0.2) is 35.0 Å². The van der Waals surface area contributed by atoms with E-state index in [1.54, 1.807) is 0 Å². The van der Waals surface area contributed by atoms with Gasteiger partial charge in [0.1, 0.15) is 12.2 Å². The second-order valence-corrected chi connectivity index (χ2v) is 6.13. The Bertz CT molecular complexity index is 467. The van der Waals surface area contributed by atoms with Crippen molar-refractivity contribution in [1.82, 2.24) is 0 Å². The maximum atomic E-state index is 11.7. The molecule has 0 amide bonds. The minimum absolute atomic E-state index is 0.210. The van der Waals surface area contributed by atoms with Crippen molar-refractivity contribution >= 4 is 5.97 Å². The van der Waals surface area contributed by atoms with Crippen LogP contribution in [0.3, 0.4) is 0 Å². The van der Waals surface area contributed by atoms with E-state index >= 15 is 0 Å². The van der Waals surface area contributed by atoms with Crippen molar-refractivity contribution in [3.8, 4) is 0 Å². The summed E-state index contributed by atoms with van der Waals surface area (Å²) in [6, 6.07) is 0. The number of rotatable bonds is 0. The molecule has 5 atom stereocenters. The number of ether oxygens (including phenoxy) is 2. The number of esters is 1. The molecule has 2 saturated heterocycles. The molecule has 1 N–H and O–H groups in total. The van der Waals surface area contributed by atoms with Gasteiger partial charge in [-0.1, -0.05) is 18.2 Å². The summed E-state index contributed by atoms with van der Waals surface area (Å²) in [6.45, 7) is 7.84.